The van der Waals surface area contributed by atoms with Crippen molar-refractivity contribution in [1.82, 2.24) is 5.32 Å². The standard InChI is InChI=1S/C24H46N2O3.Na.H/c1-2-3-4-5-6-7-8-9-10-11-12-13-14-15-16-20-23(27)26-22(24(28)29)19-17-18-21-25;;/h9-10,22H,2-8,11-21,25H2,1H3,(H,26,27)(H,28,29);;/q;+1;-1/b10-9-;;/t22-;;/m1../s1. The summed E-state index contributed by atoms with van der Waals surface area (Å²) in [5, 5.41) is 11.8. The van der Waals surface area contributed by atoms with Crippen LogP contribution >= 0.6 is 0 Å². The van der Waals surface area contributed by atoms with E-state index < -0.39 is 12.0 Å². The molecule has 0 saturated heterocycles. The van der Waals surface area contributed by atoms with E-state index in [-0.39, 0.29) is 36.9 Å². The van der Waals surface area contributed by atoms with Crippen LogP contribution < -0.4 is 40.6 Å². The van der Waals surface area contributed by atoms with E-state index in [2.05, 4.69) is 24.4 Å². The third kappa shape index (κ3) is 22.3. The van der Waals surface area contributed by atoms with Crippen LogP contribution in [0.25, 0.3) is 0 Å². The van der Waals surface area contributed by atoms with Crippen molar-refractivity contribution in [3.05, 3.63) is 12.2 Å². The number of aliphatic carboxylic acids is 1. The average molecular weight is 435 g/mol. The molecule has 0 fully saturated rings. The van der Waals surface area contributed by atoms with Crippen molar-refractivity contribution >= 4 is 11.9 Å². The number of nitrogens with one attached hydrogen (secondary N) is 1. The molecule has 0 aromatic rings. The van der Waals surface area contributed by atoms with Gasteiger partial charge in [-0.05, 0) is 57.9 Å². The van der Waals surface area contributed by atoms with Gasteiger partial charge in [-0.1, -0.05) is 70.4 Å². The van der Waals surface area contributed by atoms with Gasteiger partial charge in [-0.2, -0.15) is 0 Å². The minimum atomic E-state index is -0.958. The molecular weight excluding hydrogens is 387 g/mol. The summed E-state index contributed by atoms with van der Waals surface area (Å²) in [6.07, 6.45) is 22.9. The fraction of sp³-hybridized carbons (Fsp3) is 0.833. The number of carboxylic acids is 1. The van der Waals surface area contributed by atoms with Gasteiger partial charge in [0.2, 0.25) is 5.91 Å². The van der Waals surface area contributed by atoms with Crippen LogP contribution in [0, 0.1) is 0 Å². The number of carbonyl (C=O) groups excluding carboxylic acids is 1. The second-order valence-corrected chi connectivity index (χ2v) is 8.08. The molecule has 0 radical (unpaired) electrons. The molecule has 1 atom stereocenters. The zero-order valence-corrected chi connectivity index (χ0v) is 21.8. The summed E-state index contributed by atoms with van der Waals surface area (Å²) in [5.41, 5.74) is 5.42. The Morgan fingerprint density at radius 3 is 1.93 bits per heavy atom. The second kappa shape index (κ2) is 24.9. The van der Waals surface area contributed by atoms with E-state index in [1.54, 1.807) is 0 Å². The molecule has 0 spiro atoms. The summed E-state index contributed by atoms with van der Waals surface area (Å²) in [7, 11) is 0. The molecule has 0 aromatic carbocycles. The molecule has 1 amide bonds. The summed E-state index contributed by atoms with van der Waals surface area (Å²) < 4.78 is 0. The number of carboxylic acid groups (broad SMARTS) is 1. The molecule has 0 bridgehead atoms. The van der Waals surface area contributed by atoms with E-state index in [1.807, 2.05) is 0 Å². The van der Waals surface area contributed by atoms with Crippen LogP contribution in [-0.2, 0) is 9.59 Å². The Morgan fingerprint density at radius 1 is 0.867 bits per heavy atom. The first-order chi connectivity index (χ1) is 14.1. The van der Waals surface area contributed by atoms with Gasteiger partial charge in [0.1, 0.15) is 6.04 Å². The zero-order valence-electron chi connectivity index (χ0n) is 20.8. The number of rotatable bonds is 21. The topological polar surface area (TPSA) is 92.4 Å². The Hall–Kier alpha value is -0.360. The molecule has 5 nitrogen and oxygen atoms in total. The van der Waals surface area contributed by atoms with Gasteiger partial charge in [0.25, 0.3) is 0 Å². The monoisotopic (exact) mass is 434 g/mol. The first-order valence-electron chi connectivity index (χ1n) is 12.0. The number of hydrogen-bond donors (Lipinski definition) is 3. The van der Waals surface area contributed by atoms with Crippen LogP contribution in [0.3, 0.4) is 0 Å². The molecule has 0 unspecified atom stereocenters. The van der Waals surface area contributed by atoms with Crippen molar-refractivity contribution in [3.63, 3.8) is 0 Å². The van der Waals surface area contributed by atoms with Crippen LogP contribution in [-0.4, -0.2) is 29.6 Å². The van der Waals surface area contributed by atoms with E-state index in [0.717, 1.165) is 38.5 Å². The van der Waals surface area contributed by atoms with Crippen molar-refractivity contribution in [3.8, 4) is 0 Å². The summed E-state index contributed by atoms with van der Waals surface area (Å²) in [5.74, 6) is -1.11. The molecule has 0 aliphatic carbocycles. The Balaban J connectivity index is -0.00000392. The van der Waals surface area contributed by atoms with Gasteiger partial charge in [0.05, 0.1) is 0 Å². The average Bonchev–Trinajstić information content (AvgIpc) is 2.70. The molecule has 0 saturated carbocycles. The van der Waals surface area contributed by atoms with Crippen LogP contribution in [0.1, 0.15) is 118 Å². The van der Waals surface area contributed by atoms with Gasteiger partial charge >= 0.3 is 35.5 Å². The number of carbonyl (C=O) groups is 2. The Kier molecular flexibility index (Phi) is 26.4. The third-order valence-electron chi connectivity index (χ3n) is 5.25. The number of hydrogen-bond acceptors (Lipinski definition) is 3. The van der Waals surface area contributed by atoms with Crippen LogP contribution in [0.5, 0.6) is 0 Å². The van der Waals surface area contributed by atoms with Crippen molar-refractivity contribution in [1.29, 1.82) is 0 Å². The largest absolute Gasteiger partial charge is 1.00 e. The van der Waals surface area contributed by atoms with Crippen LogP contribution in [0.2, 0.25) is 0 Å². The molecule has 0 aromatic heterocycles. The second-order valence-electron chi connectivity index (χ2n) is 8.08. The normalized spacial score (nSPS) is 11.9. The molecular formula is C24H47N2NaO3. The van der Waals surface area contributed by atoms with Crippen molar-refractivity contribution in [2.24, 2.45) is 5.73 Å². The summed E-state index contributed by atoms with van der Waals surface area (Å²) in [4.78, 5) is 23.1. The Morgan fingerprint density at radius 2 is 1.40 bits per heavy atom. The molecule has 0 heterocycles. The smallest absolute Gasteiger partial charge is 1.00 e. The molecule has 0 aliphatic rings. The van der Waals surface area contributed by atoms with Crippen LogP contribution in [0.15, 0.2) is 12.2 Å². The van der Waals surface area contributed by atoms with Gasteiger partial charge < -0.3 is 17.6 Å². The first-order valence-corrected chi connectivity index (χ1v) is 12.0. The maximum atomic E-state index is 11.9. The quantitative estimate of drug-likeness (QED) is 0.147. The maximum absolute atomic E-state index is 11.9. The Labute approximate surface area is 208 Å². The summed E-state index contributed by atoms with van der Waals surface area (Å²) in [6, 6.07) is -0.780. The van der Waals surface area contributed by atoms with Crippen LogP contribution in [0.4, 0.5) is 0 Å². The SMILES string of the molecule is CCCCCCCC/C=C\CCCCCCCC(=O)N[C@H](CCCCN)C(=O)O.[H-].[Na+]. The number of amides is 1. The first kappa shape index (κ1) is 31.8. The molecule has 0 rings (SSSR count). The van der Waals surface area contributed by atoms with Gasteiger partial charge in [0.15, 0.2) is 0 Å². The summed E-state index contributed by atoms with van der Waals surface area (Å²) >= 11 is 0. The molecule has 30 heavy (non-hydrogen) atoms. The number of allylic oxidation sites excluding steroid dienone is 2. The van der Waals surface area contributed by atoms with E-state index in [9.17, 15) is 14.7 Å². The fourth-order valence-corrected chi connectivity index (χ4v) is 3.37. The van der Waals surface area contributed by atoms with Crippen molar-refractivity contribution < 1.29 is 45.7 Å². The minimum absolute atomic E-state index is 0. The van der Waals surface area contributed by atoms with Crippen molar-refractivity contribution in [2.45, 2.75) is 122 Å². The van der Waals surface area contributed by atoms with E-state index in [4.69, 9.17) is 5.73 Å². The van der Waals surface area contributed by atoms with E-state index in [0.29, 0.717) is 19.4 Å². The number of nitrogens with two attached hydrogens (primary N) is 1. The summed E-state index contributed by atoms with van der Waals surface area (Å²) in [6.45, 7) is 2.80. The molecule has 172 valence electrons. The third-order valence-corrected chi connectivity index (χ3v) is 5.25. The molecule has 0 aliphatic heterocycles. The predicted octanol–water partition coefficient (Wildman–Crippen LogP) is 2.84. The number of unbranched alkanes of at least 4 members (excludes halogenated alkanes) is 12. The van der Waals surface area contributed by atoms with E-state index in [1.165, 1.54) is 57.8 Å². The fourth-order valence-electron chi connectivity index (χ4n) is 3.37. The van der Waals surface area contributed by atoms with Gasteiger partial charge in [-0.3, -0.25) is 4.79 Å². The Bertz CT molecular complexity index is 437. The minimum Gasteiger partial charge on any atom is -1.00 e. The van der Waals surface area contributed by atoms with E-state index >= 15 is 0 Å². The molecule has 4 N–H and O–H groups in total. The molecule has 6 heteroatoms. The van der Waals surface area contributed by atoms with Gasteiger partial charge in [-0.25, -0.2) is 4.79 Å². The zero-order chi connectivity index (χ0) is 21.6. The van der Waals surface area contributed by atoms with Gasteiger partial charge in [-0.15, -0.1) is 0 Å². The van der Waals surface area contributed by atoms with Gasteiger partial charge in [0, 0.05) is 6.42 Å². The van der Waals surface area contributed by atoms with Crippen molar-refractivity contribution in [2.75, 3.05) is 6.54 Å². The predicted molar refractivity (Wildman–Crippen MR) is 123 cm³/mol. The maximum Gasteiger partial charge on any atom is 1.00 e.